The van der Waals surface area contributed by atoms with Gasteiger partial charge in [0.25, 0.3) is 11.8 Å². The van der Waals surface area contributed by atoms with Crippen LogP contribution >= 0.6 is 23.2 Å². The van der Waals surface area contributed by atoms with Gasteiger partial charge in [0, 0.05) is 47.1 Å². The Labute approximate surface area is 337 Å². The Morgan fingerprint density at radius 1 is 0.912 bits per heavy atom. The number of carbonyl (C=O) groups excluding carboxylic acids is 4. The van der Waals surface area contributed by atoms with Crippen molar-refractivity contribution < 1.29 is 32.7 Å². The van der Waals surface area contributed by atoms with Crippen molar-refractivity contribution in [2.75, 3.05) is 25.4 Å². The first-order chi connectivity index (χ1) is 27.4. The molecule has 4 aliphatic rings. The second-order valence-electron chi connectivity index (χ2n) is 15.4. The molecule has 2 atom stereocenters. The molecule has 0 radical (unpaired) electrons. The lowest BCUT2D eigenvalue weighted by atomic mass is 9.84. The fraction of sp³-hybridized carbons (Fsp3) is 0.415. The van der Waals surface area contributed by atoms with E-state index in [1.807, 2.05) is 10.9 Å². The number of nitrogens with two attached hydrogens (primary N) is 1. The first-order valence-electron chi connectivity index (χ1n) is 19.2. The summed E-state index contributed by atoms with van der Waals surface area (Å²) in [5.74, 6) is -2.68. The zero-order chi connectivity index (χ0) is 40.1. The Morgan fingerprint density at radius 2 is 1.63 bits per heavy atom. The van der Waals surface area contributed by atoms with Crippen LogP contribution in [-0.2, 0) is 9.59 Å². The number of pyridine rings is 1. The van der Waals surface area contributed by atoms with Gasteiger partial charge in [0.15, 0.2) is 11.6 Å². The summed E-state index contributed by atoms with van der Waals surface area (Å²) in [6, 6.07) is 6.20. The van der Waals surface area contributed by atoms with Crippen molar-refractivity contribution in [3.05, 3.63) is 92.9 Å². The van der Waals surface area contributed by atoms with E-state index in [0.29, 0.717) is 22.8 Å². The normalized spacial score (nSPS) is 22.5. The molecular weight excluding hydrogens is 779 g/mol. The minimum Gasteiger partial charge on any atom is -0.482 e. The molecule has 3 N–H and O–H groups in total. The van der Waals surface area contributed by atoms with Crippen molar-refractivity contribution in [2.45, 2.75) is 82.4 Å². The monoisotopic (exact) mass is 819 g/mol. The summed E-state index contributed by atoms with van der Waals surface area (Å²) in [5.41, 5.74) is 8.57. The molecule has 1 unspecified atom stereocenters. The molecule has 3 aliphatic heterocycles. The maximum Gasteiger partial charge on any atom is 0.262 e. The Morgan fingerprint density at radius 3 is 2.35 bits per heavy atom. The number of imide groups is 2. The molecule has 4 amide bonds. The third-order valence-corrected chi connectivity index (χ3v) is 12.6. The lowest BCUT2D eigenvalue weighted by Gasteiger charge is -2.37. The van der Waals surface area contributed by atoms with E-state index >= 15 is 4.39 Å². The van der Waals surface area contributed by atoms with Crippen LogP contribution < -0.4 is 15.8 Å². The number of amides is 4. The van der Waals surface area contributed by atoms with Gasteiger partial charge in [-0.3, -0.25) is 34.1 Å². The van der Waals surface area contributed by atoms with E-state index in [0.717, 1.165) is 80.3 Å². The van der Waals surface area contributed by atoms with Crippen LogP contribution in [0.5, 0.6) is 5.75 Å². The number of halogens is 4. The molecule has 57 heavy (non-hydrogen) atoms. The zero-order valence-electron chi connectivity index (χ0n) is 31.2. The van der Waals surface area contributed by atoms with Gasteiger partial charge >= 0.3 is 0 Å². The molecule has 1 aliphatic carbocycles. The van der Waals surface area contributed by atoms with Gasteiger partial charge < -0.3 is 15.4 Å². The number of fused-ring (bicyclic) bond motifs is 1. The fourth-order valence-electron chi connectivity index (χ4n) is 8.76. The topological polar surface area (TPSA) is 153 Å². The Kier molecular flexibility index (Phi) is 10.8. The van der Waals surface area contributed by atoms with Crippen LogP contribution in [0.25, 0.3) is 11.1 Å². The summed E-state index contributed by atoms with van der Waals surface area (Å²) in [6.07, 6.45) is 10.3. The quantitative estimate of drug-likeness (QED) is 0.131. The number of hydrogen-bond donors (Lipinski definition) is 2. The Balaban J connectivity index is 0.838. The van der Waals surface area contributed by atoms with Crippen LogP contribution in [0.1, 0.15) is 108 Å². The number of aromatic nitrogens is 3. The third kappa shape index (κ3) is 7.62. The second kappa shape index (κ2) is 15.8. The molecular formula is C41H41Cl2F2N7O5. The number of nitrogens with one attached hydrogen (secondary N) is 1. The van der Waals surface area contributed by atoms with Crippen LogP contribution in [0.2, 0.25) is 10.0 Å². The van der Waals surface area contributed by atoms with Crippen LogP contribution in [0.15, 0.2) is 48.9 Å². The van der Waals surface area contributed by atoms with Crippen molar-refractivity contribution in [1.82, 2.24) is 29.9 Å². The van der Waals surface area contributed by atoms with Gasteiger partial charge in [-0.15, -0.1) is 0 Å². The highest BCUT2D eigenvalue weighted by molar-refractivity contribution is 6.36. The third-order valence-electron chi connectivity index (χ3n) is 11.9. The van der Waals surface area contributed by atoms with Crippen LogP contribution in [0.3, 0.4) is 0 Å². The number of anilines is 1. The molecule has 5 heterocycles. The summed E-state index contributed by atoms with van der Waals surface area (Å²) in [6.45, 7) is 4.25. The van der Waals surface area contributed by atoms with E-state index < -0.39 is 47.4 Å². The number of ether oxygens (including phenoxy) is 1. The number of nitrogens with zero attached hydrogens (tertiary/aromatic N) is 5. The number of carbonyl (C=O) groups is 4. The fourth-order valence-corrected chi connectivity index (χ4v) is 9.44. The van der Waals surface area contributed by atoms with Gasteiger partial charge in [0.05, 0.1) is 28.4 Å². The van der Waals surface area contributed by atoms with E-state index in [1.165, 1.54) is 18.2 Å². The summed E-state index contributed by atoms with van der Waals surface area (Å²) in [5, 5.41) is 7.04. The molecule has 8 rings (SSSR count). The Hall–Kier alpha value is -4.92. The molecule has 2 saturated heterocycles. The van der Waals surface area contributed by atoms with Crippen molar-refractivity contribution in [2.24, 2.45) is 5.92 Å². The standard InChI is InChI=1S/C41H41Cl2F2N7O5/c1-21(36-30(42)6-7-31(44)37(36)43)57-34-14-24(17-47-38(34)46)25-18-48-51(20-25)26-4-2-22(3-5-26)19-50-12-10-23(11-13-50)27-15-28-29(16-32(27)45)41(56)52(40(28)55)33-8-9-35(53)49-39(33)54/h6-7,14-18,20-23,26,33H,2-5,8-13,19H2,1H3,(H2,46,47)(H,49,53,54)/t21-,22?,26?,33?/m1/s1. The maximum absolute atomic E-state index is 15.5. The smallest absolute Gasteiger partial charge is 0.262 e. The van der Waals surface area contributed by atoms with Gasteiger partial charge in [0.1, 0.15) is 23.8 Å². The molecule has 1 saturated carbocycles. The summed E-state index contributed by atoms with van der Waals surface area (Å²) >= 11 is 12.5. The molecule has 0 bridgehead atoms. The number of rotatable bonds is 9. The highest BCUT2D eigenvalue weighted by atomic mass is 35.5. The van der Waals surface area contributed by atoms with Gasteiger partial charge in [-0.25, -0.2) is 13.8 Å². The van der Waals surface area contributed by atoms with Crippen molar-refractivity contribution in [3.8, 4) is 16.9 Å². The van der Waals surface area contributed by atoms with Crippen molar-refractivity contribution in [1.29, 1.82) is 0 Å². The van der Waals surface area contributed by atoms with Crippen LogP contribution in [0, 0.1) is 17.6 Å². The van der Waals surface area contributed by atoms with Crippen LogP contribution in [-0.4, -0.2) is 73.9 Å². The minimum atomic E-state index is -1.09. The van der Waals surface area contributed by atoms with Crippen molar-refractivity contribution >= 4 is 52.6 Å². The zero-order valence-corrected chi connectivity index (χ0v) is 32.7. The molecule has 16 heteroatoms. The number of piperidine rings is 2. The van der Waals surface area contributed by atoms with Crippen LogP contribution in [0.4, 0.5) is 14.6 Å². The predicted molar refractivity (Wildman–Crippen MR) is 208 cm³/mol. The molecule has 12 nitrogen and oxygen atoms in total. The van der Waals surface area contributed by atoms with E-state index in [9.17, 15) is 23.6 Å². The Bertz CT molecular complexity index is 2270. The van der Waals surface area contributed by atoms with Crippen molar-refractivity contribution in [3.63, 3.8) is 0 Å². The summed E-state index contributed by atoms with van der Waals surface area (Å²) < 4.78 is 37.7. The minimum absolute atomic E-state index is 0.0198. The lowest BCUT2D eigenvalue weighted by Crippen LogP contribution is -2.54. The van der Waals surface area contributed by atoms with Gasteiger partial charge in [-0.2, -0.15) is 5.10 Å². The number of hydrogen-bond acceptors (Lipinski definition) is 9. The summed E-state index contributed by atoms with van der Waals surface area (Å²) in [7, 11) is 0. The first kappa shape index (κ1) is 38.9. The largest absolute Gasteiger partial charge is 0.482 e. The lowest BCUT2D eigenvalue weighted by molar-refractivity contribution is -0.136. The number of likely N-dealkylation sites (tertiary alicyclic amines) is 1. The first-order valence-corrected chi connectivity index (χ1v) is 20.0. The summed E-state index contributed by atoms with van der Waals surface area (Å²) in [4.78, 5) is 58.1. The number of benzene rings is 2. The molecule has 298 valence electrons. The van der Waals surface area contributed by atoms with E-state index in [1.54, 1.807) is 25.4 Å². The molecule has 2 aromatic heterocycles. The maximum atomic E-state index is 15.5. The van der Waals surface area contributed by atoms with E-state index in [4.69, 9.17) is 33.7 Å². The molecule has 3 fully saturated rings. The SMILES string of the molecule is C[C@@H](Oc1cc(-c2cnn(C3CCC(CN4CCC(c5cc6c(cc5F)C(=O)N(C5CCC(=O)NC5=O)C6=O)CC4)CC3)c2)cnc1N)c1c(Cl)ccc(F)c1Cl. The number of nitrogen functional groups attached to an aromatic ring is 1. The highest BCUT2D eigenvalue weighted by Gasteiger charge is 2.45. The highest BCUT2D eigenvalue weighted by Crippen LogP contribution is 2.40. The van der Waals surface area contributed by atoms with E-state index in [-0.39, 0.29) is 51.8 Å². The molecule has 4 aromatic rings. The average Bonchev–Trinajstić information content (AvgIpc) is 3.77. The molecule has 0 spiro atoms. The van der Waals surface area contributed by atoms with E-state index in [2.05, 4.69) is 20.3 Å². The predicted octanol–water partition coefficient (Wildman–Crippen LogP) is 7.26. The average molecular weight is 821 g/mol. The van der Waals surface area contributed by atoms with Gasteiger partial charge in [-0.1, -0.05) is 23.2 Å². The van der Waals surface area contributed by atoms with Gasteiger partial charge in [-0.05, 0) is 113 Å². The van der Waals surface area contributed by atoms with Gasteiger partial charge in [0.2, 0.25) is 11.8 Å². The second-order valence-corrected chi connectivity index (χ2v) is 16.2. The molecule has 2 aromatic carbocycles.